The Morgan fingerprint density at radius 2 is 2.00 bits per heavy atom. The van der Waals surface area contributed by atoms with Gasteiger partial charge in [-0.3, -0.25) is 0 Å². The van der Waals surface area contributed by atoms with E-state index in [2.05, 4.69) is 4.72 Å². The van der Waals surface area contributed by atoms with Crippen molar-refractivity contribution in [2.45, 2.75) is 51.8 Å². The van der Waals surface area contributed by atoms with Crippen LogP contribution >= 0.6 is 0 Å². The van der Waals surface area contributed by atoms with Crippen LogP contribution in [0.25, 0.3) is 0 Å². The molecule has 1 heterocycles. The highest BCUT2D eigenvalue weighted by atomic mass is 32.2. The lowest BCUT2D eigenvalue weighted by Gasteiger charge is -2.44. The summed E-state index contributed by atoms with van der Waals surface area (Å²) in [6, 6.07) is -0.434. The predicted molar refractivity (Wildman–Crippen MR) is 68.8 cm³/mol. The number of nitrogens with one attached hydrogen (secondary N) is 1. The Labute approximate surface area is 109 Å². The Morgan fingerprint density at radius 1 is 1.44 bits per heavy atom. The van der Waals surface area contributed by atoms with E-state index in [1.807, 2.05) is 0 Å². The second kappa shape index (κ2) is 5.05. The van der Waals surface area contributed by atoms with Crippen molar-refractivity contribution in [2.24, 2.45) is 0 Å². The summed E-state index contributed by atoms with van der Waals surface area (Å²) in [7, 11) is -3.26. The Bertz CT molecular complexity index is 413. The van der Waals surface area contributed by atoms with Gasteiger partial charge in [-0.25, -0.2) is 17.9 Å². The minimum absolute atomic E-state index is 0.130. The van der Waals surface area contributed by atoms with Crippen LogP contribution in [-0.2, 0) is 14.8 Å². The average Bonchev–Trinajstić information content (AvgIpc) is 1.91. The molecule has 0 spiro atoms. The van der Waals surface area contributed by atoms with E-state index in [1.54, 1.807) is 32.6 Å². The van der Waals surface area contributed by atoms with Crippen LogP contribution in [0.2, 0.25) is 0 Å². The summed E-state index contributed by atoms with van der Waals surface area (Å²) in [5.41, 5.74) is -0.537. The van der Waals surface area contributed by atoms with Crippen molar-refractivity contribution in [3.63, 3.8) is 0 Å². The zero-order valence-electron chi connectivity index (χ0n) is 11.6. The molecule has 0 aliphatic carbocycles. The van der Waals surface area contributed by atoms with Crippen LogP contribution in [0.5, 0.6) is 0 Å². The number of sulfonamides is 1. The van der Waals surface area contributed by atoms with Gasteiger partial charge in [0.2, 0.25) is 10.0 Å². The molecule has 0 unspecified atom stereocenters. The Morgan fingerprint density at radius 3 is 2.33 bits per heavy atom. The normalized spacial score (nSPS) is 22.3. The number of amides is 1. The summed E-state index contributed by atoms with van der Waals surface area (Å²) in [6.45, 7) is 7.77. The second-order valence-corrected chi connectivity index (χ2v) is 7.49. The van der Waals surface area contributed by atoms with Gasteiger partial charge < -0.3 is 9.64 Å². The van der Waals surface area contributed by atoms with Crippen LogP contribution < -0.4 is 4.72 Å². The van der Waals surface area contributed by atoms with Crippen molar-refractivity contribution in [3.8, 4) is 0 Å². The fourth-order valence-corrected chi connectivity index (χ4v) is 2.72. The highest BCUT2D eigenvalue weighted by molar-refractivity contribution is 7.88. The maximum Gasteiger partial charge on any atom is 0.410 e. The summed E-state index contributed by atoms with van der Waals surface area (Å²) in [6.07, 6.45) is 1.50. The van der Waals surface area contributed by atoms with Crippen LogP contribution in [0.3, 0.4) is 0 Å². The molecular formula is C11H22N2O4S. The van der Waals surface area contributed by atoms with Crippen molar-refractivity contribution in [2.75, 3.05) is 12.8 Å². The lowest BCUT2D eigenvalue weighted by molar-refractivity contribution is -0.0100. The molecule has 1 rings (SSSR count). The van der Waals surface area contributed by atoms with Crippen LogP contribution in [0, 0.1) is 0 Å². The number of ether oxygens (including phenoxy) is 1. The third kappa shape index (κ3) is 4.45. The van der Waals surface area contributed by atoms with E-state index in [0.717, 1.165) is 12.7 Å². The number of hydrogen-bond acceptors (Lipinski definition) is 4. The summed E-state index contributed by atoms with van der Waals surface area (Å²) in [4.78, 5) is 13.4. The molecule has 0 aromatic heterocycles. The lowest BCUT2D eigenvalue weighted by atomic mass is 9.97. The first-order chi connectivity index (χ1) is 7.99. The molecule has 0 radical (unpaired) electrons. The van der Waals surface area contributed by atoms with Crippen LogP contribution in [-0.4, -0.2) is 49.9 Å². The van der Waals surface area contributed by atoms with E-state index < -0.39 is 15.6 Å². The average molecular weight is 278 g/mol. The third-order valence-electron chi connectivity index (χ3n) is 2.67. The molecule has 0 saturated carbocycles. The molecule has 0 bridgehead atoms. The standard InChI is InChI=1S/C11H22N2O4S/c1-8(12-18(5,15)16)9-6-7-13(9)10(14)17-11(2,3)4/h8-9,12H,6-7H2,1-5H3/t8-,9-/m0/s1. The van der Waals surface area contributed by atoms with Crippen molar-refractivity contribution in [1.29, 1.82) is 0 Å². The van der Waals surface area contributed by atoms with Gasteiger partial charge in [-0.1, -0.05) is 0 Å². The molecule has 1 N–H and O–H groups in total. The third-order valence-corrected chi connectivity index (χ3v) is 3.47. The first-order valence-corrected chi connectivity index (χ1v) is 7.86. The largest absolute Gasteiger partial charge is 0.444 e. The van der Waals surface area contributed by atoms with E-state index in [4.69, 9.17) is 4.74 Å². The van der Waals surface area contributed by atoms with Gasteiger partial charge in [-0.2, -0.15) is 0 Å². The highest BCUT2D eigenvalue weighted by Gasteiger charge is 2.39. The van der Waals surface area contributed by atoms with E-state index in [-0.39, 0.29) is 18.2 Å². The quantitative estimate of drug-likeness (QED) is 0.833. The summed E-state index contributed by atoms with van der Waals surface area (Å²) >= 11 is 0. The number of carbonyl (C=O) groups excluding carboxylic acids is 1. The van der Waals surface area contributed by atoms with Gasteiger partial charge in [-0.15, -0.1) is 0 Å². The fraction of sp³-hybridized carbons (Fsp3) is 0.909. The number of carbonyl (C=O) groups is 1. The summed E-state index contributed by atoms with van der Waals surface area (Å²) in [5.74, 6) is 0. The topological polar surface area (TPSA) is 75.7 Å². The highest BCUT2D eigenvalue weighted by Crippen LogP contribution is 2.23. The molecule has 1 amide bonds. The molecule has 0 aromatic carbocycles. The van der Waals surface area contributed by atoms with Crippen LogP contribution in [0.1, 0.15) is 34.1 Å². The maximum absolute atomic E-state index is 11.8. The maximum atomic E-state index is 11.8. The first-order valence-electron chi connectivity index (χ1n) is 5.96. The van der Waals surface area contributed by atoms with Crippen molar-refractivity contribution < 1.29 is 17.9 Å². The molecule has 7 heteroatoms. The van der Waals surface area contributed by atoms with E-state index in [0.29, 0.717) is 6.54 Å². The number of likely N-dealkylation sites (tertiary alicyclic amines) is 1. The molecule has 6 nitrogen and oxygen atoms in total. The van der Waals surface area contributed by atoms with Gasteiger partial charge in [0.15, 0.2) is 0 Å². The zero-order chi connectivity index (χ0) is 14.1. The predicted octanol–water partition coefficient (Wildman–Crippen LogP) is 0.933. The molecule has 1 aliphatic heterocycles. The smallest absolute Gasteiger partial charge is 0.410 e. The SMILES string of the molecule is C[C@H](NS(C)(=O)=O)[C@@H]1CCN1C(=O)OC(C)(C)C. The minimum Gasteiger partial charge on any atom is -0.444 e. The molecule has 2 atom stereocenters. The van der Waals surface area contributed by atoms with Gasteiger partial charge in [0, 0.05) is 12.6 Å². The van der Waals surface area contributed by atoms with E-state index in [1.165, 1.54) is 0 Å². The van der Waals surface area contributed by atoms with E-state index in [9.17, 15) is 13.2 Å². The second-order valence-electron chi connectivity index (χ2n) is 5.71. The van der Waals surface area contributed by atoms with Crippen molar-refractivity contribution >= 4 is 16.1 Å². The lowest BCUT2D eigenvalue weighted by Crippen LogP contribution is -2.60. The van der Waals surface area contributed by atoms with Gasteiger partial charge >= 0.3 is 6.09 Å². The van der Waals surface area contributed by atoms with Crippen LogP contribution in [0.15, 0.2) is 0 Å². The van der Waals surface area contributed by atoms with E-state index >= 15 is 0 Å². The molecule has 1 fully saturated rings. The molecule has 18 heavy (non-hydrogen) atoms. The molecule has 1 saturated heterocycles. The van der Waals surface area contributed by atoms with Gasteiger partial charge in [0.05, 0.1) is 12.3 Å². The first kappa shape index (κ1) is 15.2. The summed E-state index contributed by atoms with van der Waals surface area (Å²) in [5, 5.41) is 0. The molecule has 1 aliphatic rings. The summed E-state index contributed by atoms with van der Waals surface area (Å²) < 4.78 is 30.0. The Kier molecular flexibility index (Phi) is 4.27. The number of rotatable bonds is 3. The molecule has 106 valence electrons. The fourth-order valence-electron chi connectivity index (χ4n) is 1.89. The zero-order valence-corrected chi connectivity index (χ0v) is 12.4. The number of nitrogens with zero attached hydrogens (tertiary/aromatic N) is 1. The van der Waals surface area contributed by atoms with Crippen molar-refractivity contribution in [3.05, 3.63) is 0 Å². The number of hydrogen-bond donors (Lipinski definition) is 1. The Balaban J connectivity index is 2.58. The van der Waals surface area contributed by atoms with Gasteiger partial charge in [0.1, 0.15) is 5.60 Å². The molecule has 0 aromatic rings. The van der Waals surface area contributed by atoms with Gasteiger partial charge in [-0.05, 0) is 34.1 Å². The van der Waals surface area contributed by atoms with Crippen LogP contribution in [0.4, 0.5) is 4.79 Å². The minimum atomic E-state index is -3.26. The Hall–Kier alpha value is -0.820. The monoisotopic (exact) mass is 278 g/mol. The molecular weight excluding hydrogens is 256 g/mol. The van der Waals surface area contributed by atoms with Gasteiger partial charge in [0.25, 0.3) is 0 Å². The van der Waals surface area contributed by atoms with Crippen molar-refractivity contribution in [1.82, 2.24) is 9.62 Å².